The fourth-order valence-electron chi connectivity index (χ4n) is 2.56. The van der Waals surface area contributed by atoms with Crippen LogP contribution in [0.2, 0.25) is 0 Å². The van der Waals surface area contributed by atoms with Crippen LogP contribution in [-0.2, 0) is 9.53 Å². The third-order valence-corrected chi connectivity index (χ3v) is 3.85. The van der Waals surface area contributed by atoms with Crippen LogP contribution < -0.4 is 10.2 Å². The van der Waals surface area contributed by atoms with Crippen LogP contribution in [0.4, 0.5) is 14.5 Å². The normalized spacial score (nSPS) is 17.4. The topological polar surface area (TPSA) is 58.6 Å². The molecule has 3 rings (SSSR count). The van der Waals surface area contributed by atoms with Crippen molar-refractivity contribution in [1.82, 2.24) is 5.32 Å². The number of carbonyl (C=O) groups is 2. The van der Waals surface area contributed by atoms with Gasteiger partial charge in [-0.05, 0) is 42.5 Å². The molecule has 0 saturated carbocycles. The van der Waals surface area contributed by atoms with E-state index in [1.54, 1.807) is 0 Å². The molecule has 1 aliphatic rings. The van der Waals surface area contributed by atoms with Gasteiger partial charge in [-0.1, -0.05) is 6.07 Å². The maximum atomic E-state index is 13.2. The summed E-state index contributed by atoms with van der Waals surface area (Å²) in [7, 11) is 0. The van der Waals surface area contributed by atoms with Crippen LogP contribution in [0.3, 0.4) is 0 Å². The van der Waals surface area contributed by atoms with Gasteiger partial charge in [0.2, 0.25) is 0 Å². The summed E-state index contributed by atoms with van der Waals surface area (Å²) in [5, 5.41) is 2.66. The molecule has 0 spiro atoms. The quantitative estimate of drug-likeness (QED) is 0.923. The van der Waals surface area contributed by atoms with Crippen LogP contribution in [0.1, 0.15) is 10.4 Å². The van der Waals surface area contributed by atoms with Crippen molar-refractivity contribution in [2.24, 2.45) is 0 Å². The van der Waals surface area contributed by atoms with Gasteiger partial charge in [0, 0.05) is 17.8 Å². The SMILES string of the molecule is O=C(NCC1CN(c2ccc(F)cc2)C(=O)CO1)c1cccc(F)c1. The van der Waals surface area contributed by atoms with E-state index in [1.807, 2.05) is 0 Å². The maximum absolute atomic E-state index is 13.2. The molecule has 1 aliphatic heterocycles. The molecule has 2 aromatic carbocycles. The largest absolute Gasteiger partial charge is 0.365 e. The summed E-state index contributed by atoms with van der Waals surface area (Å²) >= 11 is 0. The number of amides is 2. The number of carbonyl (C=O) groups excluding carboxylic acids is 2. The van der Waals surface area contributed by atoms with E-state index >= 15 is 0 Å². The van der Waals surface area contributed by atoms with Gasteiger partial charge in [-0.3, -0.25) is 9.59 Å². The number of morpholine rings is 1. The minimum atomic E-state index is -0.491. The average molecular weight is 346 g/mol. The van der Waals surface area contributed by atoms with Crippen LogP contribution in [0.5, 0.6) is 0 Å². The number of hydrogen-bond acceptors (Lipinski definition) is 3. The molecule has 130 valence electrons. The summed E-state index contributed by atoms with van der Waals surface area (Å²) in [5.41, 5.74) is 0.776. The van der Waals surface area contributed by atoms with E-state index in [0.29, 0.717) is 5.69 Å². The van der Waals surface area contributed by atoms with Crippen LogP contribution in [0.15, 0.2) is 48.5 Å². The molecule has 1 heterocycles. The highest BCUT2D eigenvalue weighted by atomic mass is 19.1. The van der Waals surface area contributed by atoms with E-state index in [2.05, 4.69) is 5.32 Å². The Morgan fingerprint density at radius 1 is 1.16 bits per heavy atom. The first-order chi connectivity index (χ1) is 12.0. The Morgan fingerprint density at radius 2 is 1.92 bits per heavy atom. The van der Waals surface area contributed by atoms with Crippen molar-refractivity contribution in [2.75, 3.05) is 24.6 Å². The molecule has 25 heavy (non-hydrogen) atoms. The zero-order valence-corrected chi connectivity index (χ0v) is 13.2. The first-order valence-electron chi connectivity index (χ1n) is 7.74. The fraction of sp³-hybridized carbons (Fsp3) is 0.222. The van der Waals surface area contributed by atoms with E-state index in [4.69, 9.17) is 4.74 Å². The molecule has 2 amide bonds. The van der Waals surface area contributed by atoms with Crippen molar-refractivity contribution in [1.29, 1.82) is 0 Å². The summed E-state index contributed by atoms with van der Waals surface area (Å²) in [6, 6.07) is 10.9. The number of halogens is 2. The van der Waals surface area contributed by atoms with Crippen LogP contribution >= 0.6 is 0 Å². The molecule has 1 N–H and O–H groups in total. The highest BCUT2D eigenvalue weighted by molar-refractivity contribution is 5.95. The predicted octanol–water partition coefficient (Wildman–Crippen LogP) is 2.13. The zero-order chi connectivity index (χ0) is 17.8. The molecule has 0 bridgehead atoms. The highest BCUT2D eigenvalue weighted by Crippen LogP contribution is 2.19. The molecule has 7 heteroatoms. The molecular weight excluding hydrogens is 330 g/mol. The lowest BCUT2D eigenvalue weighted by atomic mass is 10.2. The molecule has 1 unspecified atom stereocenters. The summed E-state index contributed by atoms with van der Waals surface area (Å²) in [4.78, 5) is 25.5. The Kier molecular flexibility index (Phi) is 5.04. The van der Waals surface area contributed by atoms with Gasteiger partial charge in [0.05, 0.1) is 12.6 Å². The second kappa shape index (κ2) is 7.40. The van der Waals surface area contributed by atoms with Gasteiger partial charge < -0.3 is 15.0 Å². The third kappa shape index (κ3) is 4.19. The first kappa shape index (κ1) is 17.0. The number of anilines is 1. The minimum Gasteiger partial charge on any atom is -0.365 e. The Labute approximate surface area is 143 Å². The Balaban J connectivity index is 1.61. The first-order valence-corrected chi connectivity index (χ1v) is 7.74. The average Bonchev–Trinajstić information content (AvgIpc) is 2.61. The summed E-state index contributed by atoms with van der Waals surface area (Å²) in [6.07, 6.45) is -0.416. The number of benzene rings is 2. The molecule has 5 nitrogen and oxygen atoms in total. The van der Waals surface area contributed by atoms with Crippen LogP contribution in [0.25, 0.3) is 0 Å². The van der Waals surface area contributed by atoms with E-state index < -0.39 is 17.8 Å². The van der Waals surface area contributed by atoms with E-state index in [0.717, 1.165) is 6.07 Å². The lowest BCUT2D eigenvalue weighted by molar-refractivity contribution is -0.129. The van der Waals surface area contributed by atoms with Crippen LogP contribution in [-0.4, -0.2) is 37.6 Å². The van der Waals surface area contributed by atoms with Gasteiger partial charge in [0.15, 0.2) is 0 Å². The molecule has 1 fully saturated rings. The second-order valence-corrected chi connectivity index (χ2v) is 5.63. The van der Waals surface area contributed by atoms with E-state index in [1.165, 1.54) is 47.4 Å². The molecule has 0 radical (unpaired) electrons. The predicted molar refractivity (Wildman–Crippen MR) is 87.2 cm³/mol. The summed E-state index contributed by atoms with van der Waals surface area (Å²) < 4.78 is 31.6. The van der Waals surface area contributed by atoms with E-state index in [-0.39, 0.29) is 37.0 Å². The molecule has 0 aliphatic carbocycles. The second-order valence-electron chi connectivity index (χ2n) is 5.63. The fourth-order valence-corrected chi connectivity index (χ4v) is 2.56. The van der Waals surface area contributed by atoms with Crippen molar-refractivity contribution in [3.05, 3.63) is 65.7 Å². The van der Waals surface area contributed by atoms with Crippen molar-refractivity contribution < 1.29 is 23.1 Å². The summed E-state index contributed by atoms with van der Waals surface area (Å²) in [6.45, 7) is 0.270. The lowest BCUT2D eigenvalue weighted by Gasteiger charge is -2.32. The van der Waals surface area contributed by atoms with Gasteiger partial charge in [0.1, 0.15) is 18.2 Å². The van der Waals surface area contributed by atoms with Gasteiger partial charge in [-0.2, -0.15) is 0 Å². The van der Waals surface area contributed by atoms with Crippen LogP contribution in [0, 0.1) is 11.6 Å². The Morgan fingerprint density at radius 3 is 2.64 bits per heavy atom. The van der Waals surface area contributed by atoms with E-state index in [9.17, 15) is 18.4 Å². The highest BCUT2D eigenvalue weighted by Gasteiger charge is 2.27. The number of hydrogen-bond donors (Lipinski definition) is 1. The minimum absolute atomic E-state index is 0.127. The van der Waals surface area contributed by atoms with Crippen molar-refractivity contribution >= 4 is 17.5 Å². The Hall–Kier alpha value is -2.80. The number of nitrogens with zero attached hydrogens (tertiary/aromatic N) is 1. The molecule has 1 atom stereocenters. The molecule has 0 aromatic heterocycles. The standard InChI is InChI=1S/C18H16F2N2O3/c19-13-4-6-15(7-5-13)22-10-16(25-11-17(22)23)9-21-18(24)12-2-1-3-14(20)8-12/h1-8,16H,9-11H2,(H,21,24). The molecular formula is C18H16F2N2O3. The van der Waals surface area contributed by atoms with Crippen molar-refractivity contribution in [2.45, 2.75) is 6.10 Å². The summed E-state index contributed by atoms with van der Waals surface area (Å²) in [5.74, 6) is -1.54. The van der Waals surface area contributed by atoms with Gasteiger partial charge in [0.25, 0.3) is 11.8 Å². The lowest BCUT2D eigenvalue weighted by Crippen LogP contribution is -2.50. The van der Waals surface area contributed by atoms with Gasteiger partial charge >= 0.3 is 0 Å². The third-order valence-electron chi connectivity index (χ3n) is 3.85. The maximum Gasteiger partial charge on any atom is 0.253 e. The Bertz CT molecular complexity index is 780. The molecule has 1 saturated heterocycles. The van der Waals surface area contributed by atoms with Crippen molar-refractivity contribution in [3.8, 4) is 0 Å². The van der Waals surface area contributed by atoms with Gasteiger partial charge in [-0.25, -0.2) is 8.78 Å². The molecule has 2 aromatic rings. The van der Waals surface area contributed by atoms with Gasteiger partial charge in [-0.15, -0.1) is 0 Å². The number of nitrogens with one attached hydrogen (secondary N) is 1. The number of rotatable bonds is 4. The zero-order valence-electron chi connectivity index (χ0n) is 13.2. The van der Waals surface area contributed by atoms with Crippen molar-refractivity contribution in [3.63, 3.8) is 0 Å². The monoisotopic (exact) mass is 346 g/mol. The number of ether oxygens (including phenoxy) is 1. The smallest absolute Gasteiger partial charge is 0.253 e.